The van der Waals surface area contributed by atoms with Gasteiger partial charge in [-0.1, -0.05) is 190 Å². The lowest BCUT2D eigenvalue weighted by atomic mass is 9.99. The van der Waals surface area contributed by atoms with Crippen LogP contribution < -0.4 is 0 Å². The molecule has 0 saturated heterocycles. The summed E-state index contributed by atoms with van der Waals surface area (Å²) in [5, 5.41) is 20.1. The van der Waals surface area contributed by atoms with E-state index in [4.69, 9.17) is 9.47 Å². The van der Waals surface area contributed by atoms with Gasteiger partial charge < -0.3 is 19.7 Å². The second-order valence-electron chi connectivity index (χ2n) is 14.2. The Morgan fingerprint density at radius 2 is 1.04 bits per heavy atom. The van der Waals surface area contributed by atoms with Crippen LogP contribution in [0.4, 0.5) is 0 Å². The summed E-state index contributed by atoms with van der Waals surface area (Å²) in [6, 6.07) is 0. The molecule has 2 N–H and O–H groups in total. The Bertz CT molecular complexity index is 991. The molecule has 6 nitrogen and oxygen atoms in total. The number of allylic oxidation sites excluding steroid dienone is 10. The third-order valence-corrected chi connectivity index (χ3v) is 9.09. The SMILES string of the molecule is CC/C=C\C/C=C\C/C=C\C/C=C\C=C/C(O)C/C=C\CCC(=O)OC[C@@H](O)COC(=O)CCCCCCCCCCCCCCCCC(C)CC. The van der Waals surface area contributed by atoms with E-state index in [0.29, 0.717) is 19.3 Å². The van der Waals surface area contributed by atoms with E-state index in [2.05, 4.69) is 57.2 Å². The molecule has 0 spiro atoms. The van der Waals surface area contributed by atoms with Crippen molar-refractivity contribution in [3.05, 3.63) is 72.9 Å². The van der Waals surface area contributed by atoms with Crippen molar-refractivity contribution in [2.24, 2.45) is 5.92 Å². The standard InChI is InChI=1S/C46H78O6/c1-4-6-7-8-9-10-11-14-18-21-24-27-31-36-43(47)37-32-29-34-39-46(50)52-41-44(48)40-51-45(49)38-33-28-25-22-19-16-13-12-15-17-20-23-26-30-35-42(3)5-2/h6-7,9-10,14,18,24,27,29,31-32,36,42-44,47-48H,4-5,8,11-13,15-17,19-23,25-26,28,30,33-35,37-41H2,1-3H3/b7-6-,10-9-,18-14-,27-24-,32-29-,36-31-/t42?,43?,44-/m0/s1. The highest BCUT2D eigenvalue weighted by Gasteiger charge is 2.12. The number of hydrogen-bond acceptors (Lipinski definition) is 6. The lowest BCUT2D eigenvalue weighted by Gasteiger charge is -2.12. The van der Waals surface area contributed by atoms with Crippen LogP contribution >= 0.6 is 0 Å². The predicted octanol–water partition coefficient (Wildman–Crippen LogP) is 12.2. The maximum atomic E-state index is 12.0. The molecule has 0 aromatic heterocycles. The Kier molecular flexibility index (Phi) is 37.5. The van der Waals surface area contributed by atoms with Gasteiger partial charge in [-0.15, -0.1) is 0 Å². The van der Waals surface area contributed by atoms with Crippen molar-refractivity contribution in [3.8, 4) is 0 Å². The molecule has 0 aliphatic heterocycles. The number of carbonyl (C=O) groups excluding carboxylic acids is 2. The summed E-state index contributed by atoms with van der Waals surface area (Å²) in [4.78, 5) is 24.0. The quantitative estimate of drug-likeness (QED) is 0.0289. The van der Waals surface area contributed by atoms with Gasteiger partial charge in [0.1, 0.15) is 19.3 Å². The zero-order chi connectivity index (χ0) is 38.2. The highest BCUT2D eigenvalue weighted by molar-refractivity contribution is 5.70. The molecule has 0 amide bonds. The summed E-state index contributed by atoms with van der Waals surface area (Å²) in [6.07, 6.45) is 48.4. The van der Waals surface area contributed by atoms with E-state index in [9.17, 15) is 19.8 Å². The maximum absolute atomic E-state index is 12.0. The topological polar surface area (TPSA) is 93.1 Å². The second kappa shape index (κ2) is 39.5. The predicted molar refractivity (Wildman–Crippen MR) is 220 cm³/mol. The first-order valence-corrected chi connectivity index (χ1v) is 21.0. The van der Waals surface area contributed by atoms with Gasteiger partial charge in [0.2, 0.25) is 0 Å². The Hall–Kier alpha value is -2.70. The highest BCUT2D eigenvalue weighted by Crippen LogP contribution is 2.16. The Morgan fingerprint density at radius 3 is 1.58 bits per heavy atom. The minimum atomic E-state index is -1.03. The molecular weight excluding hydrogens is 648 g/mol. The minimum absolute atomic E-state index is 0.170. The van der Waals surface area contributed by atoms with Crippen molar-refractivity contribution in [3.63, 3.8) is 0 Å². The van der Waals surface area contributed by atoms with E-state index in [1.54, 1.807) is 6.08 Å². The molecule has 2 unspecified atom stereocenters. The smallest absolute Gasteiger partial charge is 0.306 e. The number of rotatable bonds is 36. The molecule has 52 heavy (non-hydrogen) atoms. The fraction of sp³-hybridized carbons (Fsp3) is 0.696. The van der Waals surface area contributed by atoms with Crippen molar-refractivity contribution in [1.29, 1.82) is 0 Å². The molecule has 0 aromatic carbocycles. The molecule has 3 atom stereocenters. The number of carbonyl (C=O) groups is 2. The summed E-state index contributed by atoms with van der Waals surface area (Å²) < 4.78 is 10.3. The normalized spacial score (nSPS) is 14.2. The third kappa shape index (κ3) is 38.5. The number of aliphatic hydroxyl groups is 2. The van der Waals surface area contributed by atoms with E-state index in [1.807, 2.05) is 30.4 Å². The zero-order valence-corrected chi connectivity index (χ0v) is 33.6. The first-order chi connectivity index (χ1) is 25.4. The molecule has 6 heteroatoms. The largest absolute Gasteiger partial charge is 0.463 e. The molecule has 0 heterocycles. The van der Waals surface area contributed by atoms with Crippen LogP contribution in [-0.2, 0) is 19.1 Å². The van der Waals surface area contributed by atoms with Gasteiger partial charge in [-0.3, -0.25) is 9.59 Å². The van der Waals surface area contributed by atoms with Crippen molar-refractivity contribution in [2.45, 2.75) is 187 Å². The third-order valence-electron chi connectivity index (χ3n) is 9.09. The molecule has 0 aliphatic rings. The van der Waals surface area contributed by atoms with Gasteiger partial charge in [0.25, 0.3) is 0 Å². The summed E-state index contributed by atoms with van der Waals surface area (Å²) in [7, 11) is 0. The molecule has 0 saturated carbocycles. The van der Waals surface area contributed by atoms with Crippen LogP contribution in [0.5, 0.6) is 0 Å². The van der Waals surface area contributed by atoms with E-state index >= 15 is 0 Å². The zero-order valence-electron chi connectivity index (χ0n) is 33.6. The van der Waals surface area contributed by atoms with Crippen molar-refractivity contribution in [1.82, 2.24) is 0 Å². The van der Waals surface area contributed by atoms with E-state index in [0.717, 1.165) is 50.9 Å². The average molecular weight is 727 g/mol. The monoisotopic (exact) mass is 727 g/mol. The lowest BCUT2D eigenvalue weighted by molar-refractivity contribution is -0.152. The number of ether oxygens (including phenoxy) is 2. The summed E-state index contributed by atoms with van der Waals surface area (Å²) in [5.74, 6) is 0.152. The molecule has 0 aromatic rings. The van der Waals surface area contributed by atoms with Gasteiger partial charge in [-0.2, -0.15) is 0 Å². The molecule has 298 valence electrons. The van der Waals surface area contributed by atoms with Crippen molar-refractivity contribution >= 4 is 11.9 Å². The van der Waals surface area contributed by atoms with Gasteiger partial charge in [0.15, 0.2) is 0 Å². The van der Waals surface area contributed by atoms with Gasteiger partial charge in [0, 0.05) is 12.8 Å². The summed E-state index contributed by atoms with van der Waals surface area (Å²) >= 11 is 0. The van der Waals surface area contributed by atoms with Crippen LogP contribution in [0.1, 0.15) is 175 Å². The molecule has 0 aliphatic carbocycles. The minimum Gasteiger partial charge on any atom is -0.463 e. The first-order valence-electron chi connectivity index (χ1n) is 21.0. The molecule has 0 radical (unpaired) electrons. The lowest BCUT2D eigenvalue weighted by Crippen LogP contribution is -2.25. The molecular formula is C46H78O6. The van der Waals surface area contributed by atoms with Gasteiger partial charge >= 0.3 is 11.9 Å². The summed E-state index contributed by atoms with van der Waals surface area (Å²) in [5.41, 5.74) is 0. The number of unbranched alkanes of at least 4 members (excludes halogenated alkanes) is 13. The molecule has 0 bridgehead atoms. The second-order valence-corrected chi connectivity index (χ2v) is 14.2. The Labute approximate surface area is 319 Å². The Balaban J connectivity index is 3.64. The molecule has 0 rings (SSSR count). The molecule has 0 fully saturated rings. The number of aliphatic hydroxyl groups excluding tert-OH is 2. The summed E-state index contributed by atoms with van der Waals surface area (Å²) in [6.45, 7) is 6.42. The van der Waals surface area contributed by atoms with Crippen molar-refractivity contribution in [2.75, 3.05) is 13.2 Å². The van der Waals surface area contributed by atoms with Gasteiger partial charge in [0.05, 0.1) is 6.10 Å². The van der Waals surface area contributed by atoms with E-state index < -0.39 is 18.2 Å². The van der Waals surface area contributed by atoms with Crippen LogP contribution in [-0.4, -0.2) is 47.6 Å². The fourth-order valence-corrected chi connectivity index (χ4v) is 5.52. The van der Waals surface area contributed by atoms with E-state index in [-0.39, 0.29) is 25.6 Å². The van der Waals surface area contributed by atoms with Crippen LogP contribution in [0.25, 0.3) is 0 Å². The van der Waals surface area contributed by atoms with Crippen LogP contribution in [0.15, 0.2) is 72.9 Å². The van der Waals surface area contributed by atoms with Crippen LogP contribution in [0.2, 0.25) is 0 Å². The van der Waals surface area contributed by atoms with E-state index in [1.165, 1.54) is 83.5 Å². The highest BCUT2D eigenvalue weighted by atomic mass is 16.6. The first kappa shape index (κ1) is 49.3. The van der Waals surface area contributed by atoms with Gasteiger partial charge in [-0.25, -0.2) is 0 Å². The Morgan fingerprint density at radius 1 is 0.558 bits per heavy atom. The number of esters is 2. The van der Waals surface area contributed by atoms with Crippen LogP contribution in [0, 0.1) is 5.92 Å². The van der Waals surface area contributed by atoms with Gasteiger partial charge in [-0.05, 0) is 50.9 Å². The number of hydrogen-bond donors (Lipinski definition) is 2. The fourth-order valence-electron chi connectivity index (χ4n) is 5.52. The van der Waals surface area contributed by atoms with Crippen LogP contribution in [0.3, 0.4) is 0 Å². The average Bonchev–Trinajstić information content (AvgIpc) is 3.14. The van der Waals surface area contributed by atoms with Crippen molar-refractivity contribution < 1.29 is 29.3 Å². The maximum Gasteiger partial charge on any atom is 0.306 e.